The lowest BCUT2D eigenvalue weighted by atomic mass is 10.0. The third-order valence-electron chi connectivity index (χ3n) is 2.02. The first kappa shape index (κ1) is 10.2. The summed E-state index contributed by atoms with van der Waals surface area (Å²) in [6.07, 6.45) is 0. The molecule has 0 aromatic rings. The van der Waals surface area contributed by atoms with Gasteiger partial charge < -0.3 is 9.84 Å². The predicted molar refractivity (Wildman–Crippen MR) is 52.5 cm³/mol. The van der Waals surface area contributed by atoms with Gasteiger partial charge in [0.2, 0.25) is 5.90 Å². The van der Waals surface area contributed by atoms with Crippen LogP contribution in [0.2, 0.25) is 0 Å². The van der Waals surface area contributed by atoms with Gasteiger partial charge in [0.05, 0.1) is 26.0 Å². The van der Waals surface area contributed by atoms with Crippen molar-refractivity contribution >= 4 is 11.6 Å². The number of aliphatic hydroxyl groups is 1. The van der Waals surface area contributed by atoms with E-state index in [1.807, 2.05) is 0 Å². The molecule has 0 aromatic heterocycles. The molecule has 74 valence electrons. The van der Waals surface area contributed by atoms with Crippen molar-refractivity contribution in [2.75, 3.05) is 20.3 Å². The Morgan fingerprint density at radius 1 is 1.62 bits per heavy atom. The highest BCUT2D eigenvalue weighted by molar-refractivity contribution is 5.96. The van der Waals surface area contributed by atoms with Gasteiger partial charge in [0.15, 0.2) is 0 Å². The predicted octanol–water partition coefficient (Wildman–Crippen LogP) is 0.503. The quantitative estimate of drug-likeness (QED) is 0.679. The van der Waals surface area contributed by atoms with Gasteiger partial charge in [-0.1, -0.05) is 13.8 Å². The average Bonchev–Trinajstić information content (AvgIpc) is 2.16. The van der Waals surface area contributed by atoms with Crippen LogP contribution in [0.5, 0.6) is 0 Å². The highest BCUT2D eigenvalue weighted by atomic mass is 16.5. The molecular formula is C9H16N2O2. The Bertz CT molecular complexity index is 234. The van der Waals surface area contributed by atoms with Crippen LogP contribution >= 0.6 is 0 Å². The fourth-order valence-electron chi connectivity index (χ4n) is 1.27. The van der Waals surface area contributed by atoms with E-state index >= 15 is 0 Å². The Morgan fingerprint density at radius 2 is 2.31 bits per heavy atom. The Labute approximate surface area is 78.4 Å². The summed E-state index contributed by atoms with van der Waals surface area (Å²) in [4.78, 5) is 8.57. The molecular weight excluding hydrogens is 168 g/mol. The standard InChI is InChI=1S/C9H16N2O2/c1-6(2)8-9(13-3)10-4-7(5-12)11-8/h6,8,12H,4-5H2,1-3H3/t8-/m0/s1. The van der Waals surface area contributed by atoms with Crippen molar-refractivity contribution < 1.29 is 9.84 Å². The molecule has 0 fully saturated rings. The Hall–Kier alpha value is -0.900. The number of methoxy groups -OCH3 is 1. The molecule has 13 heavy (non-hydrogen) atoms. The van der Waals surface area contributed by atoms with E-state index in [4.69, 9.17) is 9.84 Å². The third kappa shape index (κ3) is 2.28. The van der Waals surface area contributed by atoms with Gasteiger partial charge in [-0.2, -0.15) is 0 Å². The van der Waals surface area contributed by atoms with E-state index in [9.17, 15) is 0 Å². The van der Waals surface area contributed by atoms with Crippen molar-refractivity contribution in [1.82, 2.24) is 0 Å². The second kappa shape index (κ2) is 4.37. The van der Waals surface area contributed by atoms with E-state index < -0.39 is 0 Å². The molecule has 4 heteroatoms. The highest BCUT2D eigenvalue weighted by Gasteiger charge is 2.23. The average molecular weight is 184 g/mol. The zero-order valence-electron chi connectivity index (χ0n) is 8.32. The molecule has 0 amide bonds. The van der Waals surface area contributed by atoms with E-state index in [2.05, 4.69) is 23.8 Å². The third-order valence-corrected chi connectivity index (χ3v) is 2.02. The smallest absolute Gasteiger partial charge is 0.209 e. The summed E-state index contributed by atoms with van der Waals surface area (Å²) >= 11 is 0. The fraction of sp³-hybridized carbons (Fsp3) is 0.778. The van der Waals surface area contributed by atoms with Crippen molar-refractivity contribution in [2.24, 2.45) is 15.9 Å². The molecule has 4 nitrogen and oxygen atoms in total. The zero-order valence-corrected chi connectivity index (χ0v) is 8.32. The van der Waals surface area contributed by atoms with Crippen LogP contribution in [0.25, 0.3) is 0 Å². The molecule has 1 heterocycles. The Morgan fingerprint density at radius 3 is 2.77 bits per heavy atom. The number of aliphatic hydroxyl groups excluding tert-OH is 1. The van der Waals surface area contributed by atoms with E-state index in [0.29, 0.717) is 18.4 Å². The second-order valence-corrected chi connectivity index (χ2v) is 3.40. The highest BCUT2D eigenvalue weighted by Crippen LogP contribution is 2.13. The Balaban J connectivity index is 2.78. The number of ether oxygens (including phenoxy) is 1. The van der Waals surface area contributed by atoms with Gasteiger partial charge in [-0.05, 0) is 5.92 Å². The molecule has 0 aliphatic carbocycles. The van der Waals surface area contributed by atoms with Gasteiger partial charge in [-0.15, -0.1) is 0 Å². The van der Waals surface area contributed by atoms with Crippen molar-refractivity contribution in [3.63, 3.8) is 0 Å². The van der Waals surface area contributed by atoms with E-state index in [1.165, 1.54) is 0 Å². The molecule has 0 unspecified atom stereocenters. The van der Waals surface area contributed by atoms with Crippen LogP contribution in [0.1, 0.15) is 13.8 Å². The maximum atomic E-state index is 8.91. The summed E-state index contributed by atoms with van der Waals surface area (Å²) in [7, 11) is 1.60. The first-order valence-electron chi connectivity index (χ1n) is 4.43. The van der Waals surface area contributed by atoms with Crippen molar-refractivity contribution in [1.29, 1.82) is 0 Å². The minimum Gasteiger partial charge on any atom is -0.483 e. The van der Waals surface area contributed by atoms with Crippen molar-refractivity contribution in [3.05, 3.63) is 0 Å². The van der Waals surface area contributed by atoms with E-state index in [-0.39, 0.29) is 12.6 Å². The first-order valence-corrected chi connectivity index (χ1v) is 4.43. The van der Waals surface area contributed by atoms with Gasteiger partial charge in [0.25, 0.3) is 0 Å². The molecule has 1 aliphatic heterocycles. The van der Waals surface area contributed by atoms with Gasteiger partial charge >= 0.3 is 0 Å². The SMILES string of the molecule is COC1=NCC(CO)=N[C@H]1C(C)C. The largest absolute Gasteiger partial charge is 0.483 e. The zero-order chi connectivity index (χ0) is 9.84. The van der Waals surface area contributed by atoms with Gasteiger partial charge in [-0.25, -0.2) is 4.99 Å². The molecule has 0 aromatic carbocycles. The maximum Gasteiger partial charge on any atom is 0.209 e. The van der Waals surface area contributed by atoms with Gasteiger partial charge in [0.1, 0.15) is 6.04 Å². The Kier molecular flexibility index (Phi) is 3.42. The van der Waals surface area contributed by atoms with Crippen LogP contribution in [0, 0.1) is 5.92 Å². The van der Waals surface area contributed by atoms with Crippen molar-refractivity contribution in [3.8, 4) is 0 Å². The van der Waals surface area contributed by atoms with Crippen LogP contribution in [-0.2, 0) is 4.74 Å². The monoisotopic (exact) mass is 184 g/mol. The number of aliphatic imine (C=N–C) groups is 2. The lowest BCUT2D eigenvalue weighted by Crippen LogP contribution is -2.33. The number of hydrogen-bond donors (Lipinski definition) is 1. The summed E-state index contributed by atoms with van der Waals surface area (Å²) in [6, 6.07) is -0.0269. The summed E-state index contributed by atoms with van der Waals surface area (Å²) in [5.74, 6) is 1.02. The van der Waals surface area contributed by atoms with Crippen LogP contribution in [0.15, 0.2) is 9.98 Å². The number of nitrogens with zero attached hydrogens (tertiary/aromatic N) is 2. The summed E-state index contributed by atoms with van der Waals surface area (Å²) in [5.41, 5.74) is 0.736. The lowest BCUT2D eigenvalue weighted by Gasteiger charge is -2.22. The summed E-state index contributed by atoms with van der Waals surface area (Å²) in [6.45, 7) is 4.57. The van der Waals surface area contributed by atoms with Crippen LogP contribution in [-0.4, -0.2) is 43.0 Å². The van der Waals surface area contributed by atoms with Crippen LogP contribution in [0.4, 0.5) is 0 Å². The molecule has 1 atom stereocenters. The molecule has 1 rings (SSSR count). The minimum atomic E-state index is -0.0269. The van der Waals surface area contributed by atoms with E-state index in [0.717, 1.165) is 5.71 Å². The molecule has 0 saturated heterocycles. The normalized spacial score (nSPS) is 22.7. The molecule has 0 radical (unpaired) electrons. The molecule has 0 bridgehead atoms. The van der Waals surface area contributed by atoms with Gasteiger partial charge in [-0.3, -0.25) is 4.99 Å². The van der Waals surface area contributed by atoms with Gasteiger partial charge in [0, 0.05) is 0 Å². The minimum absolute atomic E-state index is 0.0102. The molecule has 1 aliphatic rings. The first-order chi connectivity index (χ1) is 6.19. The maximum absolute atomic E-state index is 8.91. The molecule has 0 saturated carbocycles. The number of hydrogen-bond acceptors (Lipinski definition) is 4. The lowest BCUT2D eigenvalue weighted by molar-refractivity contribution is 0.344. The van der Waals surface area contributed by atoms with Crippen LogP contribution < -0.4 is 0 Å². The topological polar surface area (TPSA) is 54.2 Å². The van der Waals surface area contributed by atoms with E-state index in [1.54, 1.807) is 7.11 Å². The fourth-order valence-corrected chi connectivity index (χ4v) is 1.27. The van der Waals surface area contributed by atoms with Crippen LogP contribution in [0.3, 0.4) is 0 Å². The molecule has 1 N–H and O–H groups in total. The summed E-state index contributed by atoms with van der Waals surface area (Å²) < 4.78 is 5.12. The summed E-state index contributed by atoms with van der Waals surface area (Å²) in [5, 5.41) is 8.91. The number of rotatable bonds is 2. The second-order valence-electron chi connectivity index (χ2n) is 3.40. The van der Waals surface area contributed by atoms with Crippen molar-refractivity contribution in [2.45, 2.75) is 19.9 Å². The molecule has 0 spiro atoms.